The lowest BCUT2D eigenvalue weighted by Crippen LogP contribution is -2.47. The van der Waals surface area contributed by atoms with Crippen LogP contribution >= 0.6 is 0 Å². The molecule has 0 saturated carbocycles. The quantitative estimate of drug-likeness (QED) is 0.425. The predicted molar refractivity (Wildman–Crippen MR) is 130 cm³/mol. The summed E-state index contributed by atoms with van der Waals surface area (Å²) >= 11 is 0. The minimum absolute atomic E-state index is 0.0181. The van der Waals surface area contributed by atoms with Crippen molar-refractivity contribution >= 4 is 34.1 Å². The van der Waals surface area contributed by atoms with E-state index in [1.807, 2.05) is 55.6 Å². The molecule has 0 atom stereocenters. The second kappa shape index (κ2) is 8.73. The smallest absolute Gasteiger partial charge is 0.242 e. The molecule has 0 radical (unpaired) electrons. The Bertz CT molecular complexity index is 1280. The molecule has 0 fully saturated rings. The summed E-state index contributed by atoms with van der Waals surface area (Å²) in [6.07, 6.45) is 2.55. The molecular formula is C26H29N3O4. The third-order valence-corrected chi connectivity index (χ3v) is 6.23. The summed E-state index contributed by atoms with van der Waals surface area (Å²) in [6, 6.07) is 14.7. The number of carbonyl (C=O) groups is 2. The minimum Gasteiger partial charge on any atom is -0.493 e. The maximum atomic E-state index is 13.0. The number of aryl methyl sites for hydroxylation is 1. The zero-order valence-corrected chi connectivity index (χ0v) is 19.5. The van der Waals surface area contributed by atoms with Crippen molar-refractivity contribution < 1.29 is 14.3 Å². The highest BCUT2D eigenvalue weighted by Crippen LogP contribution is 2.40. The van der Waals surface area contributed by atoms with E-state index < -0.39 is 5.41 Å². The average Bonchev–Trinajstić information content (AvgIpc) is 2.87. The molecule has 0 bridgehead atoms. The van der Waals surface area contributed by atoms with Gasteiger partial charge in [-0.15, -0.1) is 0 Å². The monoisotopic (exact) mass is 447 g/mol. The van der Waals surface area contributed by atoms with Gasteiger partial charge in [0.1, 0.15) is 11.2 Å². The van der Waals surface area contributed by atoms with E-state index in [1.165, 1.54) is 0 Å². The summed E-state index contributed by atoms with van der Waals surface area (Å²) in [6.45, 7) is 6.89. The van der Waals surface area contributed by atoms with Crippen molar-refractivity contribution in [3.05, 3.63) is 65.0 Å². The molecule has 2 amide bonds. The highest BCUT2D eigenvalue weighted by molar-refractivity contribution is 6.20. The zero-order valence-electron chi connectivity index (χ0n) is 19.5. The molecule has 172 valence electrons. The summed E-state index contributed by atoms with van der Waals surface area (Å²) < 4.78 is 8.04. The molecule has 1 aliphatic heterocycles. The Morgan fingerprint density at radius 1 is 0.939 bits per heavy atom. The van der Waals surface area contributed by atoms with Crippen molar-refractivity contribution in [1.29, 1.82) is 0 Å². The molecule has 2 heterocycles. The van der Waals surface area contributed by atoms with E-state index in [0.717, 1.165) is 11.9 Å². The first-order chi connectivity index (χ1) is 15.8. The van der Waals surface area contributed by atoms with Gasteiger partial charge in [0.25, 0.3) is 0 Å². The van der Waals surface area contributed by atoms with Crippen LogP contribution in [-0.2, 0) is 16.1 Å². The number of para-hydroxylation sites is 1. The van der Waals surface area contributed by atoms with Crippen LogP contribution < -0.4 is 20.0 Å². The Kier molecular flexibility index (Phi) is 5.97. The number of rotatable bonds is 6. The molecule has 0 saturated heterocycles. The minimum atomic E-state index is -1.13. The van der Waals surface area contributed by atoms with Crippen LogP contribution in [0.5, 0.6) is 5.75 Å². The molecule has 3 aromatic rings. The van der Waals surface area contributed by atoms with Gasteiger partial charge in [-0.3, -0.25) is 14.4 Å². The molecule has 0 spiro atoms. The summed E-state index contributed by atoms with van der Waals surface area (Å²) in [7, 11) is 1.70. The molecule has 1 aliphatic rings. The van der Waals surface area contributed by atoms with Crippen LogP contribution in [0.4, 0.5) is 11.4 Å². The number of amides is 2. The van der Waals surface area contributed by atoms with Gasteiger partial charge in [-0.1, -0.05) is 12.1 Å². The molecular weight excluding hydrogens is 418 g/mol. The number of fused-ring (bicyclic) bond motifs is 2. The predicted octanol–water partition coefficient (Wildman–Crippen LogP) is 3.83. The summed E-state index contributed by atoms with van der Waals surface area (Å²) in [5.74, 6) is 0.191. The van der Waals surface area contributed by atoms with Crippen LogP contribution in [-0.4, -0.2) is 36.6 Å². The van der Waals surface area contributed by atoms with Crippen molar-refractivity contribution in [3.8, 4) is 5.75 Å². The lowest BCUT2D eigenvalue weighted by atomic mass is 9.90. The van der Waals surface area contributed by atoms with Gasteiger partial charge in [0.05, 0.1) is 23.5 Å². The maximum Gasteiger partial charge on any atom is 0.242 e. The van der Waals surface area contributed by atoms with Gasteiger partial charge in [0, 0.05) is 43.9 Å². The number of anilines is 2. The Hall–Kier alpha value is -3.61. The fourth-order valence-electron chi connectivity index (χ4n) is 4.35. The van der Waals surface area contributed by atoms with Gasteiger partial charge < -0.3 is 19.1 Å². The molecule has 7 nitrogen and oxygen atoms in total. The number of nitrogens with zero attached hydrogens (tertiary/aromatic N) is 3. The molecule has 2 aromatic carbocycles. The van der Waals surface area contributed by atoms with Crippen LogP contribution in [0, 0.1) is 5.41 Å². The highest BCUT2D eigenvalue weighted by atomic mass is 16.5. The Balaban J connectivity index is 1.50. The van der Waals surface area contributed by atoms with Crippen LogP contribution in [0.25, 0.3) is 10.9 Å². The Morgan fingerprint density at radius 3 is 2.45 bits per heavy atom. The van der Waals surface area contributed by atoms with Gasteiger partial charge in [-0.25, -0.2) is 0 Å². The molecule has 33 heavy (non-hydrogen) atoms. The number of benzene rings is 2. The number of hydrogen-bond acceptors (Lipinski definition) is 4. The van der Waals surface area contributed by atoms with Gasteiger partial charge in [0.2, 0.25) is 11.8 Å². The van der Waals surface area contributed by atoms with Crippen LogP contribution in [0.3, 0.4) is 0 Å². The summed E-state index contributed by atoms with van der Waals surface area (Å²) in [5, 5.41) is 0.706. The highest BCUT2D eigenvalue weighted by Gasteiger charge is 2.45. The second-order valence-electron chi connectivity index (χ2n) is 8.78. The van der Waals surface area contributed by atoms with E-state index in [4.69, 9.17) is 4.74 Å². The largest absolute Gasteiger partial charge is 0.493 e. The van der Waals surface area contributed by atoms with Gasteiger partial charge in [-0.05, 0) is 51.5 Å². The van der Waals surface area contributed by atoms with Gasteiger partial charge in [-0.2, -0.15) is 0 Å². The van der Waals surface area contributed by atoms with E-state index in [1.54, 1.807) is 36.8 Å². The van der Waals surface area contributed by atoms with Crippen molar-refractivity contribution in [1.82, 2.24) is 4.57 Å². The molecule has 7 heteroatoms. The molecule has 4 rings (SSSR count). The number of carbonyl (C=O) groups excluding carboxylic acids is 2. The first kappa shape index (κ1) is 22.6. The Morgan fingerprint density at radius 2 is 1.70 bits per heavy atom. The van der Waals surface area contributed by atoms with E-state index in [0.29, 0.717) is 42.2 Å². The third kappa shape index (κ3) is 3.99. The van der Waals surface area contributed by atoms with Gasteiger partial charge in [0.15, 0.2) is 5.43 Å². The van der Waals surface area contributed by atoms with E-state index in [2.05, 4.69) is 4.57 Å². The van der Waals surface area contributed by atoms with Crippen LogP contribution in [0.15, 0.2) is 59.5 Å². The average molecular weight is 448 g/mol. The summed E-state index contributed by atoms with van der Waals surface area (Å²) in [4.78, 5) is 41.2. The van der Waals surface area contributed by atoms with Gasteiger partial charge >= 0.3 is 0 Å². The molecule has 0 aliphatic carbocycles. The van der Waals surface area contributed by atoms with Crippen molar-refractivity contribution in [2.75, 3.05) is 30.0 Å². The number of ether oxygens (including phenoxy) is 1. The number of aromatic nitrogens is 1. The normalized spacial score (nSPS) is 15.5. The van der Waals surface area contributed by atoms with E-state index >= 15 is 0 Å². The van der Waals surface area contributed by atoms with E-state index in [9.17, 15) is 14.4 Å². The molecule has 0 N–H and O–H groups in total. The van der Waals surface area contributed by atoms with Crippen LogP contribution in [0.2, 0.25) is 0 Å². The fraction of sp³-hybridized carbons (Fsp3) is 0.346. The van der Waals surface area contributed by atoms with E-state index in [-0.39, 0.29) is 17.2 Å². The first-order valence-electron chi connectivity index (χ1n) is 11.2. The SMILES string of the molecule is CCN1C(=O)C(C)(C)C(=O)N(C)c2cc(OCCCn3ccc(=O)c4ccccc43)ccc21. The lowest BCUT2D eigenvalue weighted by Gasteiger charge is -2.27. The lowest BCUT2D eigenvalue weighted by molar-refractivity contribution is -0.137. The van der Waals surface area contributed by atoms with Crippen molar-refractivity contribution in [2.45, 2.75) is 33.7 Å². The zero-order chi connectivity index (χ0) is 23.8. The third-order valence-electron chi connectivity index (χ3n) is 6.23. The Labute approximate surface area is 193 Å². The standard InChI is InChI=1S/C26H29N3O4/c1-5-29-21-12-11-18(17-22(21)27(4)24(31)26(2,3)25(29)32)33-16-8-14-28-15-13-23(30)19-9-6-7-10-20(19)28/h6-7,9-13,15,17H,5,8,14,16H2,1-4H3. The number of pyridine rings is 1. The molecule has 0 unspecified atom stereocenters. The van der Waals surface area contributed by atoms with Crippen molar-refractivity contribution in [3.63, 3.8) is 0 Å². The topological polar surface area (TPSA) is 71.9 Å². The number of hydrogen-bond donors (Lipinski definition) is 0. The molecule has 1 aromatic heterocycles. The second-order valence-corrected chi connectivity index (χ2v) is 8.78. The van der Waals surface area contributed by atoms with Crippen molar-refractivity contribution in [2.24, 2.45) is 5.41 Å². The first-order valence-corrected chi connectivity index (χ1v) is 11.2. The van der Waals surface area contributed by atoms with Crippen LogP contribution in [0.1, 0.15) is 27.2 Å². The fourth-order valence-corrected chi connectivity index (χ4v) is 4.35. The summed E-state index contributed by atoms with van der Waals surface area (Å²) in [5.41, 5.74) is 1.15. The maximum absolute atomic E-state index is 13.0.